The number of rotatable bonds is 3. The molecule has 15 heavy (non-hydrogen) atoms. The van der Waals surface area contributed by atoms with Crippen LogP contribution in [0.4, 0.5) is 17.6 Å². The van der Waals surface area contributed by atoms with E-state index in [0.29, 0.717) is 5.56 Å². The van der Waals surface area contributed by atoms with Crippen molar-refractivity contribution in [3.63, 3.8) is 0 Å². The third-order valence-electron chi connectivity index (χ3n) is 2.09. The van der Waals surface area contributed by atoms with E-state index in [1.165, 1.54) is 12.1 Å². The fraction of sp³-hybridized carbons (Fsp3) is 0.400. The SMILES string of the molecule is N[C@H](CCF)c1ccc(C(F)(F)F)cc1. The van der Waals surface area contributed by atoms with Gasteiger partial charge >= 0.3 is 6.18 Å². The first-order valence-electron chi connectivity index (χ1n) is 4.44. The number of halogens is 4. The molecule has 1 aromatic carbocycles. The van der Waals surface area contributed by atoms with Gasteiger partial charge in [0.25, 0.3) is 0 Å². The predicted octanol–water partition coefficient (Wildman–Crippen LogP) is 3.06. The van der Waals surface area contributed by atoms with Crippen molar-refractivity contribution in [1.82, 2.24) is 0 Å². The van der Waals surface area contributed by atoms with Gasteiger partial charge in [-0.3, -0.25) is 4.39 Å². The first-order valence-corrected chi connectivity index (χ1v) is 4.44. The Labute approximate surface area is 84.9 Å². The van der Waals surface area contributed by atoms with E-state index in [4.69, 9.17) is 5.73 Å². The molecule has 2 N–H and O–H groups in total. The minimum absolute atomic E-state index is 0.116. The molecule has 84 valence electrons. The van der Waals surface area contributed by atoms with Gasteiger partial charge in [0.05, 0.1) is 12.2 Å². The van der Waals surface area contributed by atoms with Gasteiger partial charge < -0.3 is 5.73 Å². The summed E-state index contributed by atoms with van der Waals surface area (Å²) in [6.45, 7) is -0.581. The highest BCUT2D eigenvalue weighted by Crippen LogP contribution is 2.29. The van der Waals surface area contributed by atoms with E-state index >= 15 is 0 Å². The van der Waals surface area contributed by atoms with Gasteiger partial charge in [-0.1, -0.05) is 12.1 Å². The molecular weight excluding hydrogens is 210 g/mol. The molecule has 0 saturated heterocycles. The largest absolute Gasteiger partial charge is 0.416 e. The van der Waals surface area contributed by atoms with E-state index in [9.17, 15) is 17.6 Å². The molecule has 0 saturated carbocycles. The molecule has 1 atom stereocenters. The van der Waals surface area contributed by atoms with Gasteiger partial charge in [0.15, 0.2) is 0 Å². The molecule has 0 aliphatic rings. The number of nitrogens with two attached hydrogens (primary N) is 1. The zero-order valence-electron chi connectivity index (χ0n) is 7.89. The summed E-state index contributed by atoms with van der Waals surface area (Å²) >= 11 is 0. The number of alkyl halides is 4. The second kappa shape index (κ2) is 4.61. The summed E-state index contributed by atoms with van der Waals surface area (Å²) in [5.41, 5.74) is 5.33. The standard InChI is InChI=1S/C10H11F4N/c11-6-5-9(15)7-1-3-8(4-2-7)10(12,13)14/h1-4,9H,5-6,15H2/t9-/m1/s1. The van der Waals surface area contributed by atoms with Gasteiger partial charge in [-0.25, -0.2) is 0 Å². The van der Waals surface area contributed by atoms with Crippen LogP contribution in [-0.4, -0.2) is 6.67 Å². The van der Waals surface area contributed by atoms with Crippen LogP contribution in [0.3, 0.4) is 0 Å². The van der Waals surface area contributed by atoms with Gasteiger partial charge in [-0.2, -0.15) is 13.2 Å². The van der Waals surface area contributed by atoms with Crippen LogP contribution in [0.25, 0.3) is 0 Å². The van der Waals surface area contributed by atoms with Crippen LogP contribution in [0.1, 0.15) is 23.6 Å². The minimum atomic E-state index is -4.34. The summed E-state index contributed by atoms with van der Waals surface area (Å²) in [6, 6.07) is 3.92. The van der Waals surface area contributed by atoms with E-state index in [1.807, 2.05) is 0 Å². The van der Waals surface area contributed by atoms with Crippen LogP contribution >= 0.6 is 0 Å². The maximum atomic E-state index is 12.2. The highest BCUT2D eigenvalue weighted by molar-refractivity contribution is 5.26. The van der Waals surface area contributed by atoms with Crippen molar-refractivity contribution in [2.24, 2.45) is 5.73 Å². The molecule has 0 heterocycles. The van der Waals surface area contributed by atoms with Crippen molar-refractivity contribution < 1.29 is 17.6 Å². The van der Waals surface area contributed by atoms with Crippen molar-refractivity contribution in [3.8, 4) is 0 Å². The monoisotopic (exact) mass is 221 g/mol. The zero-order chi connectivity index (χ0) is 11.5. The average Bonchev–Trinajstić information content (AvgIpc) is 2.17. The first kappa shape index (κ1) is 12.0. The predicted molar refractivity (Wildman–Crippen MR) is 49.0 cm³/mol. The van der Waals surface area contributed by atoms with Crippen LogP contribution in [0.5, 0.6) is 0 Å². The fourth-order valence-corrected chi connectivity index (χ4v) is 1.20. The molecule has 1 nitrogen and oxygen atoms in total. The first-order chi connectivity index (χ1) is 6.95. The van der Waals surface area contributed by atoms with E-state index in [-0.39, 0.29) is 6.42 Å². The highest BCUT2D eigenvalue weighted by atomic mass is 19.4. The normalized spacial score (nSPS) is 13.9. The Morgan fingerprint density at radius 2 is 1.67 bits per heavy atom. The molecule has 1 rings (SSSR count). The van der Waals surface area contributed by atoms with Gasteiger partial charge in [0.1, 0.15) is 0 Å². The molecule has 0 unspecified atom stereocenters. The van der Waals surface area contributed by atoms with Crippen molar-refractivity contribution in [2.45, 2.75) is 18.6 Å². The smallest absolute Gasteiger partial charge is 0.324 e. The molecule has 1 aromatic rings. The lowest BCUT2D eigenvalue weighted by molar-refractivity contribution is -0.137. The fourth-order valence-electron chi connectivity index (χ4n) is 1.20. The van der Waals surface area contributed by atoms with Crippen molar-refractivity contribution in [2.75, 3.05) is 6.67 Å². The summed E-state index contributed by atoms with van der Waals surface area (Å²) in [5, 5.41) is 0. The number of hydrogen-bond donors (Lipinski definition) is 1. The Morgan fingerprint density at radius 1 is 1.13 bits per heavy atom. The van der Waals surface area contributed by atoms with Gasteiger partial charge in [-0.05, 0) is 24.1 Å². The molecule has 0 bridgehead atoms. The Kier molecular flexibility index (Phi) is 3.68. The summed E-state index contributed by atoms with van der Waals surface area (Å²) in [6.07, 6.45) is -4.23. The third-order valence-corrected chi connectivity index (χ3v) is 2.09. The highest BCUT2D eigenvalue weighted by Gasteiger charge is 2.30. The molecule has 5 heteroatoms. The van der Waals surface area contributed by atoms with Crippen molar-refractivity contribution >= 4 is 0 Å². The zero-order valence-corrected chi connectivity index (χ0v) is 7.89. The molecule has 0 fully saturated rings. The molecule has 0 aromatic heterocycles. The van der Waals surface area contributed by atoms with Crippen molar-refractivity contribution in [1.29, 1.82) is 0 Å². The molecule has 0 aliphatic heterocycles. The van der Waals surface area contributed by atoms with Crippen LogP contribution in [0.15, 0.2) is 24.3 Å². The maximum absolute atomic E-state index is 12.2. The Morgan fingerprint density at radius 3 is 2.07 bits per heavy atom. The summed E-state index contributed by atoms with van der Waals surface area (Å²) in [4.78, 5) is 0. The van der Waals surface area contributed by atoms with Gasteiger partial charge in [0, 0.05) is 6.04 Å². The Hall–Kier alpha value is -1.10. The van der Waals surface area contributed by atoms with Crippen molar-refractivity contribution in [3.05, 3.63) is 35.4 Å². The average molecular weight is 221 g/mol. The van der Waals surface area contributed by atoms with Crippen LogP contribution in [0, 0.1) is 0 Å². The molecule has 0 amide bonds. The lowest BCUT2D eigenvalue weighted by Crippen LogP contribution is -2.12. The lowest BCUT2D eigenvalue weighted by Gasteiger charge is -2.11. The van der Waals surface area contributed by atoms with E-state index in [0.717, 1.165) is 12.1 Å². The van der Waals surface area contributed by atoms with Gasteiger partial charge in [0.2, 0.25) is 0 Å². The van der Waals surface area contributed by atoms with Gasteiger partial charge in [-0.15, -0.1) is 0 Å². The maximum Gasteiger partial charge on any atom is 0.416 e. The number of benzene rings is 1. The summed E-state index contributed by atoms with van der Waals surface area (Å²) in [7, 11) is 0. The molecule has 0 radical (unpaired) electrons. The minimum Gasteiger partial charge on any atom is -0.324 e. The molecule has 0 aliphatic carbocycles. The lowest BCUT2D eigenvalue weighted by atomic mass is 10.0. The van der Waals surface area contributed by atoms with Crippen LogP contribution < -0.4 is 5.73 Å². The van der Waals surface area contributed by atoms with Crippen LogP contribution in [0.2, 0.25) is 0 Å². The molecule has 0 spiro atoms. The van der Waals surface area contributed by atoms with E-state index in [2.05, 4.69) is 0 Å². The number of hydrogen-bond acceptors (Lipinski definition) is 1. The second-order valence-corrected chi connectivity index (χ2v) is 3.20. The Balaban J connectivity index is 2.81. The second-order valence-electron chi connectivity index (χ2n) is 3.20. The Bertz CT molecular complexity index is 304. The summed E-state index contributed by atoms with van der Waals surface area (Å²) in [5.74, 6) is 0. The van der Waals surface area contributed by atoms with E-state index in [1.54, 1.807) is 0 Å². The topological polar surface area (TPSA) is 26.0 Å². The third kappa shape index (κ3) is 3.20. The van der Waals surface area contributed by atoms with E-state index < -0.39 is 24.5 Å². The van der Waals surface area contributed by atoms with Crippen LogP contribution in [-0.2, 0) is 6.18 Å². The quantitative estimate of drug-likeness (QED) is 0.780. The molecular formula is C10H11F4N. The summed E-state index contributed by atoms with van der Waals surface area (Å²) < 4.78 is 48.5.